The number of rotatable bonds is 7. The Morgan fingerprint density at radius 1 is 1.03 bits per heavy atom. The molecular weight excluding hydrogens is 388 g/mol. The van der Waals surface area contributed by atoms with Gasteiger partial charge in [0.25, 0.3) is 5.91 Å². The maximum atomic E-state index is 12.7. The monoisotopic (exact) mass is 416 g/mol. The molecule has 2 aromatic carbocycles. The van der Waals surface area contributed by atoms with Crippen LogP contribution in [-0.4, -0.2) is 28.5 Å². The van der Waals surface area contributed by atoms with E-state index in [0.717, 1.165) is 17.1 Å². The molecule has 1 aliphatic carbocycles. The van der Waals surface area contributed by atoms with E-state index in [1.54, 1.807) is 6.33 Å². The van der Waals surface area contributed by atoms with E-state index < -0.39 is 0 Å². The predicted octanol–water partition coefficient (Wildman–Crippen LogP) is 5.54. The molecule has 4 rings (SSSR count). The number of nitrogens with zero attached hydrogens (tertiary/aromatic N) is 2. The van der Waals surface area contributed by atoms with Crippen LogP contribution in [0, 0.1) is 0 Å². The first-order chi connectivity index (χ1) is 15.2. The molecule has 1 heterocycles. The number of ether oxygens (including phenoxy) is 1. The summed E-state index contributed by atoms with van der Waals surface area (Å²) < 4.78 is 5.58. The van der Waals surface area contributed by atoms with Gasteiger partial charge in [-0.2, -0.15) is 0 Å². The standard InChI is InChI=1S/C25H28N4O2/c1-2-31-23-11-7-6-10-21(23)29-25(30)19-14-12-18(13-15-19)22-16-24(27-17-26-22)28-20-8-4-3-5-9-20/h6-7,10-17,20H,2-5,8-9H2,1H3,(H,29,30)(H,26,27,28). The van der Waals surface area contributed by atoms with Crippen molar-refractivity contribution in [2.24, 2.45) is 0 Å². The molecule has 0 bridgehead atoms. The van der Waals surface area contributed by atoms with Crippen LogP contribution in [0.25, 0.3) is 11.3 Å². The van der Waals surface area contributed by atoms with E-state index in [-0.39, 0.29) is 5.91 Å². The minimum atomic E-state index is -0.180. The lowest BCUT2D eigenvalue weighted by molar-refractivity contribution is 0.102. The number of nitrogens with one attached hydrogen (secondary N) is 2. The average Bonchev–Trinajstić information content (AvgIpc) is 2.81. The van der Waals surface area contributed by atoms with Crippen molar-refractivity contribution in [2.75, 3.05) is 17.2 Å². The number of carbonyl (C=O) groups is 1. The second-order valence-electron chi connectivity index (χ2n) is 7.73. The van der Waals surface area contributed by atoms with Crippen molar-refractivity contribution in [3.63, 3.8) is 0 Å². The summed E-state index contributed by atoms with van der Waals surface area (Å²) >= 11 is 0. The molecule has 6 nitrogen and oxygen atoms in total. The Kier molecular flexibility index (Phi) is 6.77. The van der Waals surface area contributed by atoms with E-state index >= 15 is 0 Å². The summed E-state index contributed by atoms with van der Waals surface area (Å²) in [5.74, 6) is 1.33. The average molecular weight is 417 g/mol. The normalized spacial score (nSPS) is 14.1. The molecule has 0 aliphatic heterocycles. The van der Waals surface area contributed by atoms with E-state index in [0.29, 0.717) is 29.6 Å². The lowest BCUT2D eigenvalue weighted by Crippen LogP contribution is -2.22. The highest BCUT2D eigenvalue weighted by Crippen LogP contribution is 2.26. The van der Waals surface area contributed by atoms with Crippen LogP contribution in [0.5, 0.6) is 5.75 Å². The molecule has 1 aromatic heterocycles. The second kappa shape index (κ2) is 10.1. The number of hydrogen-bond acceptors (Lipinski definition) is 5. The van der Waals surface area contributed by atoms with E-state index in [1.165, 1.54) is 32.1 Å². The molecule has 6 heteroatoms. The zero-order chi connectivity index (χ0) is 21.5. The van der Waals surface area contributed by atoms with Gasteiger partial charge in [0.15, 0.2) is 0 Å². The molecule has 2 N–H and O–H groups in total. The van der Waals surface area contributed by atoms with Crippen LogP contribution < -0.4 is 15.4 Å². The molecule has 160 valence electrons. The summed E-state index contributed by atoms with van der Waals surface area (Å²) in [6.07, 6.45) is 7.84. The van der Waals surface area contributed by atoms with Crippen LogP contribution in [0.15, 0.2) is 60.9 Å². The number of hydrogen-bond donors (Lipinski definition) is 2. The summed E-state index contributed by atoms with van der Waals surface area (Å²) in [7, 11) is 0. The van der Waals surface area contributed by atoms with E-state index in [1.807, 2.05) is 61.5 Å². The van der Waals surface area contributed by atoms with Gasteiger partial charge in [0.05, 0.1) is 18.0 Å². The maximum Gasteiger partial charge on any atom is 0.255 e. The molecule has 0 atom stereocenters. The van der Waals surface area contributed by atoms with E-state index in [2.05, 4.69) is 20.6 Å². The molecule has 0 unspecified atom stereocenters. The summed E-state index contributed by atoms with van der Waals surface area (Å²) in [6, 6.07) is 17.3. The quantitative estimate of drug-likeness (QED) is 0.529. The summed E-state index contributed by atoms with van der Waals surface area (Å²) in [5.41, 5.74) is 3.01. The number of carbonyl (C=O) groups excluding carboxylic acids is 1. The molecule has 0 saturated heterocycles. The fourth-order valence-electron chi connectivity index (χ4n) is 3.89. The minimum absolute atomic E-state index is 0.180. The van der Waals surface area contributed by atoms with Crippen LogP contribution in [0.1, 0.15) is 49.4 Å². The van der Waals surface area contributed by atoms with Gasteiger partial charge in [-0.15, -0.1) is 0 Å². The molecule has 1 amide bonds. The van der Waals surface area contributed by atoms with Gasteiger partial charge in [-0.3, -0.25) is 4.79 Å². The number of para-hydroxylation sites is 2. The van der Waals surface area contributed by atoms with Crippen LogP contribution in [0.2, 0.25) is 0 Å². The lowest BCUT2D eigenvalue weighted by Gasteiger charge is -2.23. The van der Waals surface area contributed by atoms with Gasteiger partial charge in [0.2, 0.25) is 0 Å². The van der Waals surface area contributed by atoms with Gasteiger partial charge < -0.3 is 15.4 Å². The molecular formula is C25H28N4O2. The molecule has 3 aromatic rings. The van der Waals surface area contributed by atoms with Gasteiger partial charge in [-0.05, 0) is 44.0 Å². The third-order valence-corrected chi connectivity index (χ3v) is 5.50. The fraction of sp³-hybridized carbons (Fsp3) is 0.320. The number of amides is 1. The topological polar surface area (TPSA) is 76.1 Å². The highest BCUT2D eigenvalue weighted by Gasteiger charge is 2.14. The third kappa shape index (κ3) is 5.40. The molecule has 1 saturated carbocycles. The second-order valence-corrected chi connectivity index (χ2v) is 7.73. The summed E-state index contributed by atoms with van der Waals surface area (Å²) in [4.78, 5) is 21.5. The largest absolute Gasteiger partial charge is 0.492 e. The summed E-state index contributed by atoms with van der Waals surface area (Å²) in [6.45, 7) is 2.46. The van der Waals surface area contributed by atoms with Gasteiger partial charge >= 0.3 is 0 Å². The Bertz CT molecular complexity index is 1010. The van der Waals surface area contributed by atoms with Gasteiger partial charge in [-0.25, -0.2) is 9.97 Å². The molecule has 1 fully saturated rings. The third-order valence-electron chi connectivity index (χ3n) is 5.50. The Hall–Kier alpha value is -3.41. The van der Waals surface area contributed by atoms with Crippen LogP contribution in [0.4, 0.5) is 11.5 Å². The summed E-state index contributed by atoms with van der Waals surface area (Å²) in [5, 5.41) is 6.46. The highest BCUT2D eigenvalue weighted by molar-refractivity contribution is 6.05. The van der Waals surface area contributed by atoms with Crippen molar-refractivity contribution >= 4 is 17.4 Å². The Morgan fingerprint density at radius 2 is 1.81 bits per heavy atom. The Balaban J connectivity index is 1.44. The first-order valence-corrected chi connectivity index (χ1v) is 10.9. The maximum absolute atomic E-state index is 12.7. The number of anilines is 2. The van der Waals surface area contributed by atoms with Gasteiger partial charge in [-0.1, -0.05) is 43.5 Å². The molecule has 1 aliphatic rings. The number of benzene rings is 2. The molecule has 0 radical (unpaired) electrons. The van der Waals surface area contributed by atoms with E-state index in [9.17, 15) is 4.79 Å². The molecule has 0 spiro atoms. The smallest absolute Gasteiger partial charge is 0.255 e. The minimum Gasteiger partial charge on any atom is -0.492 e. The van der Waals surface area contributed by atoms with Crippen LogP contribution in [-0.2, 0) is 0 Å². The van der Waals surface area contributed by atoms with Crippen LogP contribution in [0.3, 0.4) is 0 Å². The van der Waals surface area contributed by atoms with Crippen molar-refractivity contribution in [3.05, 3.63) is 66.5 Å². The highest BCUT2D eigenvalue weighted by atomic mass is 16.5. The zero-order valence-corrected chi connectivity index (χ0v) is 17.8. The van der Waals surface area contributed by atoms with Crippen molar-refractivity contribution < 1.29 is 9.53 Å². The SMILES string of the molecule is CCOc1ccccc1NC(=O)c1ccc(-c2cc(NC3CCCCC3)ncn2)cc1. The van der Waals surface area contributed by atoms with Crippen molar-refractivity contribution in [1.29, 1.82) is 0 Å². The predicted molar refractivity (Wildman–Crippen MR) is 124 cm³/mol. The van der Waals surface area contributed by atoms with Gasteiger partial charge in [0.1, 0.15) is 17.9 Å². The zero-order valence-electron chi connectivity index (χ0n) is 17.8. The van der Waals surface area contributed by atoms with Crippen molar-refractivity contribution in [2.45, 2.75) is 45.1 Å². The Morgan fingerprint density at radius 3 is 2.58 bits per heavy atom. The van der Waals surface area contributed by atoms with Gasteiger partial charge in [0, 0.05) is 23.2 Å². The van der Waals surface area contributed by atoms with E-state index in [4.69, 9.17) is 4.74 Å². The fourth-order valence-corrected chi connectivity index (χ4v) is 3.89. The van der Waals surface area contributed by atoms with Crippen LogP contribution >= 0.6 is 0 Å². The molecule has 31 heavy (non-hydrogen) atoms. The first-order valence-electron chi connectivity index (χ1n) is 10.9. The van der Waals surface area contributed by atoms with Crippen molar-refractivity contribution in [3.8, 4) is 17.0 Å². The Labute approximate surface area is 183 Å². The van der Waals surface area contributed by atoms with Crippen molar-refractivity contribution in [1.82, 2.24) is 9.97 Å². The number of aromatic nitrogens is 2. The lowest BCUT2D eigenvalue weighted by atomic mass is 9.95. The first kappa shape index (κ1) is 20.8.